The Bertz CT molecular complexity index is 524. The van der Waals surface area contributed by atoms with Gasteiger partial charge in [0.15, 0.2) is 0 Å². The average molecular weight is 255 g/mol. The highest BCUT2D eigenvalue weighted by atomic mass is 32.2. The van der Waals surface area contributed by atoms with Crippen LogP contribution in [0, 0.1) is 0 Å². The van der Waals surface area contributed by atoms with Gasteiger partial charge in [0.25, 0.3) is 0 Å². The summed E-state index contributed by atoms with van der Waals surface area (Å²) in [5.74, 6) is 0.0173. The Kier molecular flexibility index (Phi) is 3.03. The lowest BCUT2D eigenvalue weighted by molar-refractivity contribution is -0.119. The second-order valence-corrected chi connectivity index (χ2v) is 5.48. The van der Waals surface area contributed by atoms with E-state index in [1.807, 2.05) is 0 Å². The minimum Gasteiger partial charge on any atom is -0.380 e. The third-order valence-corrected chi connectivity index (χ3v) is 3.46. The van der Waals surface area contributed by atoms with Crippen molar-refractivity contribution in [3.63, 3.8) is 0 Å². The predicted octanol–water partition coefficient (Wildman–Crippen LogP) is -0.366. The first kappa shape index (κ1) is 11.9. The number of nitrogens with two attached hydrogens (primary N) is 1. The van der Waals surface area contributed by atoms with Crippen molar-refractivity contribution >= 4 is 21.6 Å². The van der Waals surface area contributed by atoms with Crippen LogP contribution in [0.15, 0.2) is 29.2 Å². The molecule has 0 saturated carbocycles. The Morgan fingerprint density at radius 2 is 1.94 bits per heavy atom. The van der Waals surface area contributed by atoms with Crippen molar-refractivity contribution in [2.75, 3.05) is 11.9 Å². The van der Waals surface area contributed by atoms with Crippen molar-refractivity contribution in [2.24, 2.45) is 5.14 Å². The van der Waals surface area contributed by atoms with Gasteiger partial charge in [-0.05, 0) is 24.3 Å². The van der Waals surface area contributed by atoms with E-state index < -0.39 is 10.0 Å². The maximum Gasteiger partial charge on any atom is 0.238 e. The van der Waals surface area contributed by atoms with Crippen molar-refractivity contribution < 1.29 is 13.2 Å². The lowest BCUT2D eigenvalue weighted by atomic mass is 10.2. The molecular formula is C10H13N3O3S. The fourth-order valence-electron chi connectivity index (χ4n) is 1.68. The van der Waals surface area contributed by atoms with Crippen LogP contribution in [-0.2, 0) is 14.8 Å². The topological polar surface area (TPSA) is 101 Å². The molecule has 1 atom stereocenters. The molecule has 17 heavy (non-hydrogen) atoms. The van der Waals surface area contributed by atoms with Crippen LogP contribution in [0.2, 0.25) is 0 Å². The van der Waals surface area contributed by atoms with Crippen molar-refractivity contribution in [3.8, 4) is 0 Å². The number of primary sulfonamides is 1. The van der Waals surface area contributed by atoms with Gasteiger partial charge >= 0.3 is 0 Å². The minimum atomic E-state index is -3.65. The van der Waals surface area contributed by atoms with Gasteiger partial charge in [-0.3, -0.25) is 4.79 Å². The zero-order chi connectivity index (χ0) is 12.5. The van der Waals surface area contributed by atoms with Crippen LogP contribution < -0.4 is 15.8 Å². The van der Waals surface area contributed by atoms with E-state index in [2.05, 4.69) is 10.6 Å². The molecule has 1 aliphatic rings. The second kappa shape index (κ2) is 4.34. The smallest absolute Gasteiger partial charge is 0.238 e. The van der Waals surface area contributed by atoms with E-state index in [1.54, 1.807) is 12.1 Å². The van der Waals surface area contributed by atoms with E-state index in [-0.39, 0.29) is 16.8 Å². The summed E-state index contributed by atoms with van der Waals surface area (Å²) in [6.07, 6.45) is 0.428. The first-order valence-corrected chi connectivity index (χ1v) is 6.66. The SMILES string of the molecule is NS(=O)(=O)c1ccc(NC2CNC(=O)C2)cc1. The van der Waals surface area contributed by atoms with Crippen molar-refractivity contribution in [3.05, 3.63) is 24.3 Å². The molecule has 1 aromatic rings. The largest absolute Gasteiger partial charge is 0.380 e. The van der Waals surface area contributed by atoms with Gasteiger partial charge in [0.05, 0.1) is 10.9 Å². The summed E-state index contributed by atoms with van der Waals surface area (Å²) < 4.78 is 22.1. The van der Waals surface area contributed by atoms with Crippen molar-refractivity contribution in [2.45, 2.75) is 17.4 Å². The van der Waals surface area contributed by atoms with E-state index in [9.17, 15) is 13.2 Å². The molecule has 2 rings (SSSR count). The minimum absolute atomic E-state index is 0.0173. The molecule has 6 nitrogen and oxygen atoms in total. The Hall–Kier alpha value is -1.60. The summed E-state index contributed by atoms with van der Waals surface area (Å²) in [5, 5.41) is 10.8. The maximum absolute atomic E-state index is 11.0. The molecule has 0 bridgehead atoms. The zero-order valence-corrected chi connectivity index (χ0v) is 9.83. The first-order chi connectivity index (χ1) is 7.95. The molecule has 0 aliphatic carbocycles. The molecule has 7 heteroatoms. The molecule has 1 unspecified atom stereocenters. The number of nitrogens with one attached hydrogen (secondary N) is 2. The summed E-state index contributed by atoms with van der Waals surface area (Å²) >= 11 is 0. The number of hydrogen-bond donors (Lipinski definition) is 3. The number of amides is 1. The van der Waals surface area contributed by atoms with Gasteiger partial charge in [0.1, 0.15) is 0 Å². The molecule has 92 valence electrons. The van der Waals surface area contributed by atoms with Gasteiger partial charge in [-0.1, -0.05) is 0 Å². The van der Waals surface area contributed by atoms with Gasteiger partial charge in [-0.2, -0.15) is 0 Å². The zero-order valence-electron chi connectivity index (χ0n) is 9.01. The second-order valence-electron chi connectivity index (χ2n) is 3.92. The van der Waals surface area contributed by atoms with Crippen LogP contribution in [0.1, 0.15) is 6.42 Å². The molecule has 1 heterocycles. The molecule has 1 aliphatic heterocycles. The summed E-state index contributed by atoms with van der Waals surface area (Å²) in [7, 11) is -3.65. The highest BCUT2D eigenvalue weighted by Gasteiger charge is 2.20. The fourth-order valence-corrected chi connectivity index (χ4v) is 2.20. The van der Waals surface area contributed by atoms with Crippen molar-refractivity contribution in [1.29, 1.82) is 0 Å². The summed E-state index contributed by atoms with van der Waals surface area (Å²) in [6.45, 7) is 0.579. The summed E-state index contributed by atoms with van der Waals surface area (Å²) in [4.78, 5) is 11.1. The van der Waals surface area contributed by atoms with Crippen LogP contribution in [0.3, 0.4) is 0 Å². The number of rotatable bonds is 3. The number of carbonyl (C=O) groups excluding carboxylic acids is 1. The van der Waals surface area contributed by atoms with Crippen LogP contribution in [0.5, 0.6) is 0 Å². The van der Waals surface area contributed by atoms with Crippen LogP contribution >= 0.6 is 0 Å². The number of anilines is 1. The summed E-state index contributed by atoms with van der Waals surface area (Å²) in [6, 6.07) is 6.16. The molecule has 1 amide bonds. The lowest BCUT2D eigenvalue weighted by Crippen LogP contribution is -2.22. The van der Waals surface area contributed by atoms with E-state index in [4.69, 9.17) is 5.14 Å². The maximum atomic E-state index is 11.0. The Balaban J connectivity index is 2.06. The molecular weight excluding hydrogens is 242 g/mol. The van der Waals surface area contributed by atoms with Crippen LogP contribution in [-0.4, -0.2) is 26.9 Å². The van der Waals surface area contributed by atoms with Crippen molar-refractivity contribution in [1.82, 2.24) is 5.32 Å². The normalized spacial score (nSPS) is 20.1. The molecule has 1 aromatic carbocycles. The van der Waals surface area contributed by atoms with Gasteiger partial charge < -0.3 is 10.6 Å². The third kappa shape index (κ3) is 2.95. The fraction of sp³-hybridized carbons (Fsp3) is 0.300. The number of carbonyl (C=O) groups is 1. The van der Waals surface area contributed by atoms with Gasteiger partial charge in [-0.15, -0.1) is 0 Å². The predicted molar refractivity (Wildman–Crippen MR) is 62.9 cm³/mol. The molecule has 1 saturated heterocycles. The monoisotopic (exact) mass is 255 g/mol. The Morgan fingerprint density at radius 3 is 2.41 bits per heavy atom. The van der Waals surface area contributed by atoms with E-state index in [0.29, 0.717) is 13.0 Å². The number of hydrogen-bond acceptors (Lipinski definition) is 4. The van der Waals surface area contributed by atoms with Gasteiger partial charge in [0, 0.05) is 18.7 Å². The van der Waals surface area contributed by atoms with E-state index >= 15 is 0 Å². The average Bonchev–Trinajstić information content (AvgIpc) is 2.63. The third-order valence-electron chi connectivity index (χ3n) is 2.53. The van der Waals surface area contributed by atoms with E-state index in [0.717, 1.165) is 5.69 Å². The highest BCUT2D eigenvalue weighted by molar-refractivity contribution is 7.89. The highest BCUT2D eigenvalue weighted by Crippen LogP contribution is 2.15. The first-order valence-electron chi connectivity index (χ1n) is 5.11. The van der Waals surface area contributed by atoms with E-state index in [1.165, 1.54) is 12.1 Å². The summed E-state index contributed by atoms with van der Waals surface area (Å²) in [5.41, 5.74) is 0.763. The van der Waals surface area contributed by atoms with Crippen LogP contribution in [0.25, 0.3) is 0 Å². The molecule has 4 N–H and O–H groups in total. The number of sulfonamides is 1. The molecule has 1 fully saturated rings. The number of benzene rings is 1. The van der Waals surface area contributed by atoms with Gasteiger partial charge in [-0.25, -0.2) is 13.6 Å². The Labute approximate surface area is 99.2 Å². The molecule has 0 aromatic heterocycles. The van der Waals surface area contributed by atoms with Gasteiger partial charge in [0.2, 0.25) is 15.9 Å². The Morgan fingerprint density at radius 1 is 1.29 bits per heavy atom. The molecule has 0 radical (unpaired) electrons. The lowest BCUT2D eigenvalue weighted by Gasteiger charge is -2.11. The standard InChI is InChI=1S/C10H13N3O3S/c11-17(15,16)9-3-1-7(2-4-9)13-8-5-10(14)12-6-8/h1-4,8,13H,5-6H2,(H,12,14)(H2,11,15,16). The molecule has 0 spiro atoms. The van der Waals surface area contributed by atoms with Crippen LogP contribution in [0.4, 0.5) is 5.69 Å². The quantitative estimate of drug-likeness (QED) is 0.686.